The number of piperidine rings is 2. The number of aliphatic hydroxyl groups excluding tert-OH is 1. The molecule has 0 aromatic heterocycles. The van der Waals surface area contributed by atoms with E-state index in [1.165, 1.54) is 0 Å². The zero-order valence-corrected chi connectivity index (χ0v) is 15.4. The first-order valence-corrected chi connectivity index (χ1v) is 8.27. The van der Waals surface area contributed by atoms with E-state index in [2.05, 4.69) is 21.6 Å². The van der Waals surface area contributed by atoms with Crippen LogP contribution in [0.2, 0.25) is 0 Å². The van der Waals surface area contributed by atoms with Gasteiger partial charge in [-0.2, -0.15) is 0 Å². The molecule has 1 aromatic rings. The maximum atomic E-state index is 12.5. The highest BCUT2D eigenvalue weighted by atomic mass is 35.5. The van der Waals surface area contributed by atoms with E-state index in [0.29, 0.717) is 0 Å². The molecule has 2 aliphatic heterocycles. The fourth-order valence-corrected chi connectivity index (χ4v) is 3.28. The number of hydrogen-bond donors (Lipinski definition) is 3. The normalized spacial score (nSPS) is 19.1. The Bertz CT molecular complexity index is 516. The number of para-hydroxylation sites is 2. The van der Waals surface area contributed by atoms with Crippen LogP contribution in [0.5, 0.6) is 0 Å². The van der Waals surface area contributed by atoms with E-state index in [0.717, 1.165) is 63.2 Å². The van der Waals surface area contributed by atoms with Crippen LogP contribution in [0.25, 0.3) is 0 Å². The third-order valence-electron chi connectivity index (χ3n) is 4.68. The fourth-order valence-electron chi connectivity index (χ4n) is 3.28. The summed E-state index contributed by atoms with van der Waals surface area (Å²) in [5.74, 6) is 0.239. The lowest BCUT2D eigenvalue weighted by atomic mass is 9.97. The topological polar surface area (TPSA) is 64.6 Å². The number of amides is 1. The molecule has 1 aromatic carbocycles. The van der Waals surface area contributed by atoms with E-state index in [-0.39, 0.29) is 42.7 Å². The van der Waals surface area contributed by atoms with Gasteiger partial charge in [0, 0.05) is 19.0 Å². The second-order valence-electron chi connectivity index (χ2n) is 6.25. The lowest BCUT2D eigenvalue weighted by Gasteiger charge is -2.33. The first-order valence-electron chi connectivity index (χ1n) is 8.27. The number of aliphatic hydroxyl groups is 1. The highest BCUT2D eigenvalue weighted by Crippen LogP contribution is 2.29. The van der Waals surface area contributed by atoms with Crippen molar-refractivity contribution in [2.24, 2.45) is 5.92 Å². The molecule has 1 amide bonds. The quantitative estimate of drug-likeness (QED) is 0.758. The van der Waals surface area contributed by atoms with Gasteiger partial charge in [0.15, 0.2) is 0 Å². The third-order valence-corrected chi connectivity index (χ3v) is 4.68. The van der Waals surface area contributed by atoms with Crippen LogP contribution >= 0.6 is 24.8 Å². The number of anilines is 2. The molecule has 7 heteroatoms. The zero-order valence-electron chi connectivity index (χ0n) is 13.7. The standard InChI is InChI=1S/C17H25N3O2.2ClH/c21-14-7-11-20(12-8-14)16-4-2-1-3-15(16)19-17(22)13-5-9-18-10-6-13;;/h1-4,13-14,18,21H,5-12H2,(H,19,22);2*1H. The molecule has 24 heavy (non-hydrogen) atoms. The van der Waals surface area contributed by atoms with Gasteiger partial charge in [-0.05, 0) is 50.9 Å². The molecule has 136 valence electrons. The number of carbonyl (C=O) groups is 1. The molecule has 0 bridgehead atoms. The molecule has 0 radical (unpaired) electrons. The summed E-state index contributed by atoms with van der Waals surface area (Å²) in [4.78, 5) is 14.7. The fraction of sp³-hybridized carbons (Fsp3) is 0.588. The number of nitrogens with zero attached hydrogens (tertiary/aromatic N) is 1. The number of carbonyl (C=O) groups excluding carboxylic acids is 1. The maximum absolute atomic E-state index is 12.5. The van der Waals surface area contributed by atoms with Crippen LogP contribution in [-0.4, -0.2) is 43.3 Å². The van der Waals surface area contributed by atoms with Gasteiger partial charge >= 0.3 is 0 Å². The van der Waals surface area contributed by atoms with Crippen LogP contribution in [0.15, 0.2) is 24.3 Å². The van der Waals surface area contributed by atoms with Crippen molar-refractivity contribution < 1.29 is 9.90 Å². The zero-order chi connectivity index (χ0) is 15.4. The summed E-state index contributed by atoms with van der Waals surface area (Å²) in [6.45, 7) is 3.51. The van der Waals surface area contributed by atoms with E-state index in [4.69, 9.17) is 0 Å². The summed E-state index contributed by atoms with van der Waals surface area (Å²) < 4.78 is 0. The second kappa shape index (κ2) is 10.1. The predicted molar refractivity (Wildman–Crippen MR) is 103 cm³/mol. The van der Waals surface area contributed by atoms with Gasteiger partial charge in [0.2, 0.25) is 5.91 Å². The van der Waals surface area contributed by atoms with Crippen molar-refractivity contribution in [1.29, 1.82) is 0 Å². The monoisotopic (exact) mass is 375 g/mol. The molecule has 2 heterocycles. The number of halogens is 2. The van der Waals surface area contributed by atoms with E-state index >= 15 is 0 Å². The molecule has 0 unspecified atom stereocenters. The summed E-state index contributed by atoms with van der Waals surface area (Å²) in [5, 5.41) is 16.1. The lowest BCUT2D eigenvalue weighted by molar-refractivity contribution is -0.120. The van der Waals surface area contributed by atoms with Gasteiger partial charge in [0.1, 0.15) is 0 Å². The number of benzene rings is 1. The van der Waals surface area contributed by atoms with Gasteiger partial charge in [-0.25, -0.2) is 0 Å². The van der Waals surface area contributed by atoms with Crippen LogP contribution in [0.3, 0.4) is 0 Å². The average Bonchev–Trinajstić information content (AvgIpc) is 2.57. The summed E-state index contributed by atoms with van der Waals surface area (Å²) in [7, 11) is 0. The van der Waals surface area contributed by atoms with E-state index in [1.54, 1.807) is 0 Å². The lowest BCUT2D eigenvalue weighted by Crippen LogP contribution is -2.37. The molecule has 2 saturated heterocycles. The minimum atomic E-state index is -0.187. The summed E-state index contributed by atoms with van der Waals surface area (Å²) in [6.07, 6.45) is 3.20. The van der Waals surface area contributed by atoms with E-state index in [1.807, 2.05) is 18.2 Å². The molecule has 0 saturated carbocycles. The van der Waals surface area contributed by atoms with Crippen LogP contribution in [0.1, 0.15) is 25.7 Å². The molecule has 0 atom stereocenters. The molecule has 2 fully saturated rings. The SMILES string of the molecule is Cl.Cl.O=C(Nc1ccccc1N1CCC(O)CC1)C1CCNCC1. The van der Waals surface area contributed by atoms with Crippen molar-refractivity contribution in [3.05, 3.63) is 24.3 Å². The maximum Gasteiger partial charge on any atom is 0.227 e. The summed E-state index contributed by atoms with van der Waals surface area (Å²) in [5.41, 5.74) is 1.96. The molecule has 0 spiro atoms. The van der Waals surface area contributed by atoms with Gasteiger partial charge in [0.25, 0.3) is 0 Å². The van der Waals surface area contributed by atoms with Crippen molar-refractivity contribution in [3.63, 3.8) is 0 Å². The molecule has 0 aliphatic carbocycles. The molecule has 2 aliphatic rings. The Hall–Kier alpha value is -1.01. The van der Waals surface area contributed by atoms with Crippen molar-refractivity contribution in [2.75, 3.05) is 36.4 Å². The predicted octanol–water partition coefficient (Wildman–Crippen LogP) is 2.43. The molecular formula is C17H27Cl2N3O2. The Kier molecular flexibility index (Phi) is 8.84. The van der Waals surface area contributed by atoms with Crippen molar-refractivity contribution >= 4 is 42.1 Å². The smallest absolute Gasteiger partial charge is 0.227 e. The molecular weight excluding hydrogens is 349 g/mol. The van der Waals surface area contributed by atoms with Crippen LogP contribution in [-0.2, 0) is 4.79 Å². The molecule has 3 rings (SSSR count). The van der Waals surface area contributed by atoms with Gasteiger partial charge in [-0.15, -0.1) is 24.8 Å². The average molecular weight is 376 g/mol. The Morgan fingerprint density at radius 1 is 1.08 bits per heavy atom. The first-order chi connectivity index (χ1) is 10.7. The Labute approximate surface area is 156 Å². The van der Waals surface area contributed by atoms with Gasteiger partial charge in [0.05, 0.1) is 17.5 Å². The van der Waals surface area contributed by atoms with Gasteiger partial charge < -0.3 is 20.6 Å². The van der Waals surface area contributed by atoms with Gasteiger partial charge in [-0.1, -0.05) is 12.1 Å². The van der Waals surface area contributed by atoms with Gasteiger partial charge in [-0.3, -0.25) is 4.79 Å². The van der Waals surface area contributed by atoms with Crippen LogP contribution in [0.4, 0.5) is 11.4 Å². The summed E-state index contributed by atoms with van der Waals surface area (Å²) in [6, 6.07) is 7.98. The van der Waals surface area contributed by atoms with Crippen LogP contribution < -0.4 is 15.5 Å². The Morgan fingerprint density at radius 3 is 2.38 bits per heavy atom. The van der Waals surface area contributed by atoms with Crippen molar-refractivity contribution in [3.8, 4) is 0 Å². The highest BCUT2D eigenvalue weighted by Gasteiger charge is 2.23. The molecule has 3 N–H and O–H groups in total. The minimum absolute atomic E-state index is 0. The van der Waals surface area contributed by atoms with Crippen molar-refractivity contribution in [2.45, 2.75) is 31.8 Å². The first kappa shape index (κ1) is 21.0. The third kappa shape index (κ3) is 5.24. The number of nitrogens with one attached hydrogen (secondary N) is 2. The minimum Gasteiger partial charge on any atom is -0.393 e. The van der Waals surface area contributed by atoms with Crippen molar-refractivity contribution in [1.82, 2.24) is 5.32 Å². The Balaban J connectivity index is 0.00000144. The molecule has 5 nitrogen and oxygen atoms in total. The summed E-state index contributed by atoms with van der Waals surface area (Å²) >= 11 is 0. The number of hydrogen-bond acceptors (Lipinski definition) is 4. The van der Waals surface area contributed by atoms with E-state index < -0.39 is 0 Å². The largest absolute Gasteiger partial charge is 0.393 e. The Morgan fingerprint density at radius 2 is 1.71 bits per heavy atom. The number of rotatable bonds is 3. The highest BCUT2D eigenvalue weighted by molar-refractivity contribution is 5.95. The van der Waals surface area contributed by atoms with E-state index in [9.17, 15) is 9.90 Å². The van der Waals surface area contributed by atoms with Crippen LogP contribution in [0, 0.1) is 5.92 Å². The second-order valence-corrected chi connectivity index (χ2v) is 6.25.